The van der Waals surface area contributed by atoms with Crippen LogP contribution in [0.5, 0.6) is 0 Å². The third-order valence-electron chi connectivity index (χ3n) is 1.13. The lowest BCUT2D eigenvalue weighted by Gasteiger charge is -2.02. The summed E-state index contributed by atoms with van der Waals surface area (Å²) in [6.07, 6.45) is 0. The molecule has 7 heteroatoms. The lowest BCUT2D eigenvalue weighted by atomic mass is 10.6. The van der Waals surface area contributed by atoms with E-state index in [0.29, 0.717) is 0 Å². The van der Waals surface area contributed by atoms with Crippen LogP contribution in [0.2, 0.25) is 0 Å². The van der Waals surface area contributed by atoms with Gasteiger partial charge in [-0.25, -0.2) is 13.1 Å². The Balaban J connectivity index is 3.64. The van der Waals surface area contributed by atoms with Gasteiger partial charge < -0.3 is 5.32 Å². The second-order valence-electron chi connectivity index (χ2n) is 2.01. The minimum Gasteiger partial charge on any atom is -0.354 e. The number of halogens is 1. The summed E-state index contributed by atoms with van der Waals surface area (Å²) < 4.78 is 23.7. The molecule has 0 aromatic rings. The van der Waals surface area contributed by atoms with Crippen LogP contribution in [0.15, 0.2) is 0 Å². The zero-order valence-corrected chi connectivity index (χ0v) is 9.03. The summed E-state index contributed by atoms with van der Waals surface area (Å²) in [5.74, 6) is -0.316. The van der Waals surface area contributed by atoms with Gasteiger partial charge in [-0.05, 0) is 7.05 Å². The van der Waals surface area contributed by atoms with Crippen molar-refractivity contribution in [2.24, 2.45) is 0 Å². The van der Waals surface area contributed by atoms with Crippen LogP contribution >= 0.6 is 15.9 Å². The first kappa shape index (κ1) is 11.9. The van der Waals surface area contributed by atoms with Crippen molar-refractivity contribution in [3.8, 4) is 0 Å². The lowest BCUT2D eigenvalue weighted by molar-refractivity contribution is -0.118. The van der Waals surface area contributed by atoms with Gasteiger partial charge in [-0.3, -0.25) is 4.79 Å². The molecule has 0 unspecified atom stereocenters. The number of alkyl halides is 1. The average Bonchev–Trinajstić information content (AvgIpc) is 2.04. The number of carbonyl (C=O) groups excluding carboxylic acids is 1. The maximum absolute atomic E-state index is 10.8. The van der Waals surface area contributed by atoms with E-state index in [1.807, 2.05) is 0 Å². The van der Waals surface area contributed by atoms with Crippen LogP contribution in [-0.4, -0.2) is 39.0 Å². The topological polar surface area (TPSA) is 75.3 Å². The van der Waals surface area contributed by atoms with Crippen LogP contribution in [-0.2, 0) is 14.8 Å². The molecule has 0 aliphatic rings. The number of hydrogen-bond acceptors (Lipinski definition) is 3. The van der Waals surface area contributed by atoms with Gasteiger partial charge in [-0.2, -0.15) is 0 Å². The van der Waals surface area contributed by atoms with Crippen LogP contribution in [0.1, 0.15) is 0 Å². The SMILES string of the molecule is CNS(=O)(=O)CCNC(=O)CBr. The monoisotopic (exact) mass is 258 g/mol. The number of carbonyl (C=O) groups is 1. The molecule has 0 saturated heterocycles. The molecule has 1 amide bonds. The maximum Gasteiger partial charge on any atom is 0.230 e. The van der Waals surface area contributed by atoms with E-state index in [1.54, 1.807) is 0 Å². The Bertz CT molecular complexity index is 239. The normalized spacial score (nSPS) is 11.2. The summed E-state index contributed by atoms with van der Waals surface area (Å²) in [6.45, 7) is 0.133. The Morgan fingerprint density at radius 2 is 2.08 bits per heavy atom. The van der Waals surface area contributed by atoms with Crippen molar-refractivity contribution in [2.75, 3.05) is 24.7 Å². The number of amides is 1. The first-order valence-electron chi connectivity index (χ1n) is 3.25. The fourth-order valence-electron chi connectivity index (χ4n) is 0.474. The molecule has 0 saturated carbocycles. The van der Waals surface area contributed by atoms with E-state index >= 15 is 0 Å². The Kier molecular flexibility index (Phi) is 5.43. The fraction of sp³-hybridized carbons (Fsp3) is 0.800. The summed E-state index contributed by atoms with van der Waals surface area (Å²) in [7, 11) is -1.87. The van der Waals surface area contributed by atoms with Crippen molar-refractivity contribution in [1.82, 2.24) is 10.0 Å². The standard InChI is InChI=1S/C5H11BrN2O3S/c1-7-12(10,11)3-2-8-5(9)4-6/h7H,2-4H2,1H3,(H,8,9). The van der Waals surface area contributed by atoms with Crippen molar-refractivity contribution in [3.63, 3.8) is 0 Å². The minimum absolute atomic E-state index is 0.0950. The molecule has 12 heavy (non-hydrogen) atoms. The molecule has 0 aliphatic carbocycles. The summed E-state index contributed by atoms with van der Waals surface area (Å²) in [5.41, 5.74) is 0. The second kappa shape index (κ2) is 5.50. The molecule has 0 atom stereocenters. The molecule has 2 N–H and O–H groups in total. The van der Waals surface area contributed by atoms with Crippen molar-refractivity contribution >= 4 is 31.9 Å². The predicted molar refractivity (Wildman–Crippen MR) is 49.7 cm³/mol. The van der Waals surface area contributed by atoms with Crippen LogP contribution in [0.3, 0.4) is 0 Å². The van der Waals surface area contributed by atoms with Crippen molar-refractivity contribution < 1.29 is 13.2 Å². The van der Waals surface area contributed by atoms with Gasteiger partial charge in [-0.15, -0.1) is 0 Å². The molecule has 0 aromatic heterocycles. The van der Waals surface area contributed by atoms with Crippen LogP contribution in [0.4, 0.5) is 0 Å². The first-order valence-corrected chi connectivity index (χ1v) is 6.03. The molecule has 0 fully saturated rings. The molecule has 0 aliphatic heterocycles. The van der Waals surface area contributed by atoms with Gasteiger partial charge in [0.2, 0.25) is 15.9 Å². The van der Waals surface area contributed by atoms with Crippen molar-refractivity contribution in [2.45, 2.75) is 0 Å². The van der Waals surface area contributed by atoms with Crippen molar-refractivity contribution in [3.05, 3.63) is 0 Å². The quantitative estimate of drug-likeness (QED) is 0.625. The van der Waals surface area contributed by atoms with Gasteiger partial charge in [0.1, 0.15) is 0 Å². The van der Waals surface area contributed by atoms with Gasteiger partial charge in [0, 0.05) is 6.54 Å². The predicted octanol–water partition coefficient (Wildman–Crippen LogP) is -0.953. The van der Waals surface area contributed by atoms with E-state index in [-0.39, 0.29) is 23.5 Å². The van der Waals surface area contributed by atoms with Crippen LogP contribution < -0.4 is 10.0 Å². The van der Waals surface area contributed by atoms with Crippen LogP contribution in [0.25, 0.3) is 0 Å². The zero-order valence-electron chi connectivity index (χ0n) is 6.63. The smallest absolute Gasteiger partial charge is 0.230 e. The number of rotatable bonds is 5. The third kappa shape index (κ3) is 5.50. The molecule has 72 valence electrons. The second-order valence-corrected chi connectivity index (χ2v) is 4.61. The number of sulfonamides is 1. The van der Waals surface area contributed by atoms with Gasteiger partial charge >= 0.3 is 0 Å². The molecule has 0 heterocycles. The van der Waals surface area contributed by atoms with Gasteiger partial charge in [-0.1, -0.05) is 15.9 Å². The van der Waals surface area contributed by atoms with E-state index in [4.69, 9.17) is 0 Å². The summed E-state index contributed by atoms with van der Waals surface area (Å²) in [4.78, 5) is 10.6. The average molecular weight is 259 g/mol. The molecular formula is C5H11BrN2O3S. The highest BCUT2D eigenvalue weighted by atomic mass is 79.9. The molecule has 0 radical (unpaired) electrons. The summed E-state index contributed by atoms with van der Waals surface area (Å²) in [5, 5.41) is 2.60. The van der Waals surface area contributed by atoms with E-state index in [9.17, 15) is 13.2 Å². The summed E-state index contributed by atoms with van der Waals surface area (Å²) in [6, 6.07) is 0. The molecule has 0 rings (SSSR count). The Morgan fingerprint density at radius 3 is 2.50 bits per heavy atom. The van der Waals surface area contributed by atoms with Crippen LogP contribution in [0, 0.1) is 0 Å². The highest BCUT2D eigenvalue weighted by Crippen LogP contribution is 1.81. The Labute approximate surface area is 80.1 Å². The molecule has 5 nitrogen and oxygen atoms in total. The van der Waals surface area contributed by atoms with E-state index in [2.05, 4.69) is 26.0 Å². The van der Waals surface area contributed by atoms with E-state index in [1.165, 1.54) is 7.05 Å². The van der Waals surface area contributed by atoms with Gasteiger partial charge in [0.25, 0.3) is 0 Å². The largest absolute Gasteiger partial charge is 0.354 e. The number of hydrogen-bond donors (Lipinski definition) is 2. The van der Waals surface area contributed by atoms with Gasteiger partial charge in [0.15, 0.2) is 0 Å². The molecular weight excluding hydrogens is 248 g/mol. The van der Waals surface area contributed by atoms with E-state index < -0.39 is 10.0 Å². The molecule has 0 spiro atoms. The van der Waals surface area contributed by atoms with Gasteiger partial charge in [0.05, 0.1) is 11.1 Å². The van der Waals surface area contributed by atoms with Crippen molar-refractivity contribution in [1.29, 1.82) is 0 Å². The minimum atomic E-state index is -3.20. The summed E-state index contributed by atoms with van der Waals surface area (Å²) >= 11 is 2.94. The lowest BCUT2D eigenvalue weighted by Crippen LogP contribution is -2.33. The Hall–Kier alpha value is -0.140. The molecule has 0 aromatic carbocycles. The zero-order chi connectivity index (χ0) is 9.61. The molecule has 0 bridgehead atoms. The Morgan fingerprint density at radius 1 is 1.50 bits per heavy atom. The third-order valence-corrected chi connectivity index (χ3v) is 3.00. The fourth-order valence-corrected chi connectivity index (χ4v) is 1.25. The highest BCUT2D eigenvalue weighted by molar-refractivity contribution is 9.09. The maximum atomic E-state index is 10.8. The first-order chi connectivity index (χ1) is 5.52. The van der Waals surface area contributed by atoms with E-state index in [0.717, 1.165) is 0 Å². The highest BCUT2D eigenvalue weighted by Gasteiger charge is 2.06. The number of nitrogens with one attached hydrogen (secondary N) is 2.